The largest absolute Gasteiger partial charge is 0.416 e. The number of anilines is 2. The molecule has 31 heavy (non-hydrogen) atoms. The average Bonchev–Trinajstić information content (AvgIpc) is 2.79. The second-order valence-corrected chi connectivity index (χ2v) is 7.13. The highest BCUT2D eigenvalue weighted by Gasteiger charge is 2.30. The minimum Gasteiger partial charge on any atom is -0.352 e. The van der Waals surface area contributed by atoms with Gasteiger partial charge in [-0.15, -0.1) is 10.2 Å². The molecule has 3 aromatic rings. The Morgan fingerprint density at radius 2 is 1.61 bits per heavy atom. The summed E-state index contributed by atoms with van der Waals surface area (Å²) in [6, 6.07) is 17.7. The fraction of sp³-hybridized carbons (Fsp3) is 0.227. The maximum Gasteiger partial charge on any atom is 0.416 e. The van der Waals surface area contributed by atoms with Crippen molar-refractivity contribution in [3.8, 4) is 11.3 Å². The number of benzene rings is 2. The van der Waals surface area contributed by atoms with E-state index in [1.165, 1.54) is 12.1 Å². The molecule has 9 heteroatoms. The van der Waals surface area contributed by atoms with Gasteiger partial charge in [0, 0.05) is 37.4 Å². The summed E-state index contributed by atoms with van der Waals surface area (Å²) in [6.07, 6.45) is -4.45. The summed E-state index contributed by atoms with van der Waals surface area (Å²) in [5.41, 5.74) is 1.08. The standard InChI is InChI=1S/C22H20F3N5O/c23-22(24,25)17-7-4-8-18(15-17)26-21(31)30-13-11-29(12-14-30)20-10-9-19(27-28-20)16-5-2-1-3-6-16/h1-10,15H,11-14H2,(H,26,31). The second-order valence-electron chi connectivity index (χ2n) is 7.13. The molecular weight excluding hydrogens is 407 g/mol. The number of alkyl halides is 3. The zero-order valence-electron chi connectivity index (χ0n) is 16.5. The van der Waals surface area contributed by atoms with Gasteiger partial charge in [0.2, 0.25) is 0 Å². The minimum absolute atomic E-state index is 0.115. The predicted molar refractivity (Wildman–Crippen MR) is 112 cm³/mol. The van der Waals surface area contributed by atoms with Crippen molar-refractivity contribution in [2.45, 2.75) is 6.18 Å². The van der Waals surface area contributed by atoms with Gasteiger partial charge >= 0.3 is 12.2 Å². The number of aromatic nitrogens is 2. The van der Waals surface area contributed by atoms with Crippen molar-refractivity contribution in [3.05, 3.63) is 72.3 Å². The third-order valence-corrected chi connectivity index (χ3v) is 5.05. The van der Waals surface area contributed by atoms with Crippen LogP contribution < -0.4 is 10.2 Å². The molecule has 6 nitrogen and oxygen atoms in total. The molecule has 0 atom stereocenters. The summed E-state index contributed by atoms with van der Waals surface area (Å²) in [6.45, 7) is 1.95. The van der Waals surface area contributed by atoms with Gasteiger partial charge in [0.05, 0.1) is 11.3 Å². The van der Waals surface area contributed by atoms with E-state index in [1.807, 2.05) is 47.4 Å². The average molecular weight is 427 g/mol. The number of nitrogens with one attached hydrogen (secondary N) is 1. The normalized spacial score (nSPS) is 14.4. The Bertz CT molecular complexity index is 1030. The van der Waals surface area contributed by atoms with Crippen LogP contribution in [-0.2, 0) is 6.18 Å². The number of hydrogen-bond acceptors (Lipinski definition) is 4. The van der Waals surface area contributed by atoms with Crippen LogP contribution in [-0.4, -0.2) is 47.3 Å². The molecule has 1 N–H and O–H groups in total. The summed E-state index contributed by atoms with van der Waals surface area (Å²) >= 11 is 0. The molecule has 2 heterocycles. The molecule has 1 fully saturated rings. The zero-order valence-corrected chi connectivity index (χ0v) is 16.5. The molecule has 1 saturated heterocycles. The molecule has 1 aliphatic rings. The number of carbonyl (C=O) groups is 1. The Labute approximate surface area is 177 Å². The highest BCUT2D eigenvalue weighted by Crippen LogP contribution is 2.30. The van der Waals surface area contributed by atoms with Crippen LogP contribution in [0.1, 0.15) is 5.56 Å². The van der Waals surface area contributed by atoms with E-state index in [0.29, 0.717) is 26.2 Å². The fourth-order valence-electron chi connectivity index (χ4n) is 3.37. The van der Waals surface area contributed by atoms with Gasteiger partial charge in [-0.2, -0.15) is 13.2 Å². The molecule has 0 unspecified atom stereocenters. The number of hydrogen-bond donors (Lipinski definition) is 1. The minimum atomic E-state index is -4.45. The van der Waals surface area contributed by atoms with E-state index in [9.17, 15) is 18.0 Å². The Morgan fingerprint density at radius 3 is 2.26 bits per heavy atom. The van der Waals surface area contributed by atoms with Crippen LogP contribution >= 0.6 is 0 Å². The lowest BCUT2D eigenvalue weighted by Crippen LogP contribution is -2.50. The van der Waals surface area contributed by atoms with Gasteiger partial charge in [-0.25, -0.2) is 4.79 Å². The van der Waals surface area contributed by atoms with E-state index in [4.69, 9.17) is 0 Å². The van der Waals surface area contributed by atoms with Crippen LogP contribution in [0.25, 0.3) is 11.3 Å². The first-order valence-electron chi connectivity index (χ1n) is 9.77. The van der Waals surface area contributed by atoms with Crippen molar-refractivity contribution in [2.75, 3.05) is 36.4 Å². The van der Waals surface area contributed by atoms with Crippen LogP contribution in [0.15, 0.2) is 66.7 Å². The van der Waals surface area contributed by atoms with Crippen LogP contribution in [0, 0.1) is 0 Å². The van der Waals surface area contributed by atoms with Gasteiger partial charge in [0.25, 0.3) is 0 Å². The number of rotatable bonds is 3. The van der Waals surface area contributed by atoms with E-state index >= 15 is 0 Å². The molecule has 0 aliphatic carbocycles. The number of carbonyl (C=O) groups excluding carboxylic acids is 1. The van der Waals surface area contributed by atoms with Crippen molar-refractivity contribution in [3.63, 3.8) is 0 Å². The zero-order chi connectivity index (χ0) is 21.8. The maximum absolute atomic E-state index is 12.8. The Kier molecular flexibility index (Phi) is 5.75. The second kappa shape index (κ2) is 8.63. The summed E-state index contributed by atoms with van der Waals surface area (Å²) in [7, 11) is 0. The summed E-state index contributed by atoms with van der Waals surface area (Å²) in [5.74, 6) is 0.720. The van der Waals surface area contributed by atoms with Crippen molar-refractivity contribution in [1.29, 1.82) is 0 Å². The first-order chi connectivity index (χ1) is 14.9. The summed E-state index contributed by atoms with van der Waals surface area (Å²) < 4.78 is 38.5. The van der Waals surface area contributed by atoms with Crippen LogP contribution in [0.2, 0.25) is 0 Å². The number of urea groups is 1. The lowest BCUT2D eigenvalue weighted by molar-refractivity contribution is -0.137. The van der Waals surface area contributed by atoms with E-state index in [-0.39, 0.29) is 5.69 Å². The van der Waals surface area contributed by atoms with Crippen LogP contribution in [0.3, 0.4) is 0 Å². The van der Waals surface area contributed by atoms with Gasteiger partial charge < -0.3 is 15.1 Å². The van der Waals surface area contributed by atoms with Gasteiger partial charge in [-0.1, -0.05) is 36.4 Å². The van der Waals surface area contributed by atoms with Crippen LogP contribution in [0.4, 0.5) is 29.5 Å². The molecule has 4 rings (SSSR count). The third-order valence-electron chi connectivity index (χ3n) is 5.05. The number of piperazine rings is 1. The van der Waals surface area contributed by atoms with E-state index < -0.39 is 17.8 Å². The molecule has 160 valence electrons. The first-order valence-corrected chi connectivity index (χ1v) is 9.77. The number of halogens is 3. The molecule has 2 amide bonds. The van der Waals surface area contributed by atoms with Gasteiger partial charge in [-0.3, -0.25) is 0 Å². The van der Waals surface area contributed by atoms with Gasteiger partial charge in [0.15, 0.2) is 5.82 Å². The monoisotopic (exact) mass is 427 g/mol. The third kappa shape index (κ3) is 4.93. The highest BCUT2D eigenvalue weighted by atomic mass is 19.4. The van der Waals surface area contributed by atoms with Crippen LogP contribution in [0.5, 0.6) is 0 Å². The number of amides is 2. The van der Waals surface area contributed by atoms with Crippen molar-refractivity contribution in [1.82, 2.24) is 15.1 Å². The van der Waals surface area contributed by atoms with Crippen molar-refractivity contribution in [2.24, 2.45) is 0 Å². The maximum atomic E-state index is 12.8. The Hall–Kier alpha value is -3.62. The van der Waals surface area contributed by atoms with E-state index in [0.717, 1.165) is 29.2 Å². The molecule has 1 aliphatic heterocycles. The fourth-order valence-corrected chi connectivity index (χ4v) is 3.37. The molecule has 0 spiro atoms. The Balaban J connectivity index is 1.34. The van der Waals surface area contributed by atoms with Gasteiger partial charge in [-0.05, 0) is 30.3 Å². The molecule has 0 saturated carbocycles. The topological polar surface area (TPSA) is 61.4 Å². The van der Waals surface area contributed by atoms with Crippen molar-refractivity contribution < 1.29 is 18.0 Å². The molecule has 2 aromatic carbocycles. The molecule has 0 bridgehead atoms. The summed E-state index contributed by atoms with van der Waals surface area (Å²) in [4.78, 5) is 16.1. The smallest absolute Gasteiger partial charge is 0.352 e. The SMILES string of the molecule is O=C(Nc1cccc(C(F)(F)F)c1)N1CCN(c2ccc(-c3ccccc3)nn2)CC1. The summed E-state index contributed by atoms with van der Waals surface area (Å²) in [5, 5.41) is 11.1. The first kappa shape index (κ1) is 20.6. The lowest BCUT2D eigenvalue weighted by Gasteiger charge is -2.35. The van der Waals surface area contributed by atoms with E-state index in [2.05, 4.69) is 15.5 Å². The highest BCUT2D eigenvalue weighted by molar-refractivity contribution is 5.89. The molecular formula is C22H20F3N5O. The van der Waals surface area contributed by atoms with Crippen molar-refractivity contribution >= 4 is 17.5 Å². The number of nitrogens with zero attached hydrogens (tertiary/aromatic N) is 4. The lowest BCUT2D eigenvalue weighted by atomic mass is 10.1. The quantitative estimate of drug-likeness (QED) is 0.668. The van der Waals surface area contributed by atoms with Gasteiger partial charge in [0.1, 0.15) is 0 Å². The Morgan fingerprint density at radius 1 is 0.871 bits per heavy atom. The predicted octanol–water partition coefficient (Wildman–Crippen LogP) is 4.52. The molecule has 0 radical (unpaired) electrons. The van der Waals surface area contributed by atoms with E-state index in [1.54, 1.807) is 4.90 Å². The molecule has 1 aromatic heterocycles.